The summed E-state index contributed by atoms with van der Waals surface area (Å²) < 4.78 is 22.3. The van der Waals surface area contributed by atoms with E-state index in [-0.39, 0.29) is 34.0 Å². The van der Waals surface area contributed by atoms with Crippen LogP contribution < -0.4 is 10.2 Å². The van der Waals surface area contributed by atoms with Gasteiger partial charge in [0.1, 0.15) is 58.0 Å². The summed E-state index contributed by atoms with van der Waals surface area (Å²) in [6.45, 7) is -0.711. The second-order valence-electron chi connectivity index (χ2n) is 9.49. The Hall–Kier alpha value is -4.88. The molecule has 218 valence electrons. The van der Waals surface area contributed by atoms with E-state index in [1.165, 1.54) is 54.6 Å². The molecule has 1 aliphatic rings. The number of hydrogen-bond donors (Lipinski definition) is 6. The van der Waals surface area contributed by atoms with Crippen molar-refractivity contribution in [2.24, 2.45) is 0 Å². The van der Waals surface area contributed by atoms with Crippen LogP contribution in [0.15, 0.2) is 82.0 Å². The van der Waals surface area contributed by atoms with Crippen LogP contribution in [-0.2, 0) is 14.3 Å². The Labute approximate surface area is 237 Å². The Balaban J connectivity index is 1.33. The maximum absolute atomic E-state index is 12.7. The minimum Gasteiger partial charge on any atom is -0.508 e. The fraction of sp³-hybridized carbons (Fsp3) is 0.200. The molecular weight excluding hydrogens is 552 g/mol. The Kier molecular flexibility index (Phi) is 8.13. The van der Waals surface area contributed by atoms with Crippen molar-refractivity contribution < 1.29 is 54.1 Å². The number of carbonyl (C=O) groups is 1. The Morgan fingerprint density at radius 2 is 1.57 bits per heavy atom. The molecule has 6 N–H and O–H groups in total. The number of ether oxygens (including phenoxy) is 3. The average molecular weight is 579 g/mol. The molecule has 1 aliphatic heterocycles. The summed E-state index contributed by atoms with van der Waals surface area (Å²) in [7, 11) is 0. The second-order valence-corrected chi connectivity index (χ2v) is 9.49. The van der Waals surface area contributed by atoms with Crippen LogP contribution >= 0.6 is 0 Å². The van der Waals surface area contributed by atoms with Gasteiger partial charge < -0.3 is 49.3 Å². The van der Waals surface area contributed by atoms with E-state index >= 15 is 0 Å². The van der Waals surface area contributed by atoms with Gasteiger partial charge in [-0.1, -0.05) is 12.1 Å². The number of aliphatic hydroxyl groups is 3. The van der Waals surface area contributed by atoms with Gasteiger partial charge in [-0.25, -0.2) is 4.79 Å². The van der Waals surface area contributed by atoms with Crippen molar-refractivity contribution in [2.45, 2.75) is 30.7 Å². The number of rotatable bonds is 7. The summed E-state index contributed by atoms with van der Waals surface area (Å²) in [4.78, 5) is 25.1. The smallest absolute Gasteiger partial charge is 0.331 e. The van der Waals surface area contributed by atoms with Crippen LogP contribution in [0, 0.1) is 0 Å². The number of aromatic hydroxyl groups is 3. The number of hydrogen-bond acceptors (Lipinski definition) is 12. The van der Waals surface area contributed by atoms with Crippen LogP contribution in [0.1, 0.15) is 5.56 Å². The van der Waals surface area contributed by atoms with E-state index in [2.05, 4.69) is 0 Å². The number of phenols is 3. The quantitative estimate of drug-likeness (QED) is 0.138. The maximum atomic E-state index is 12.7. The van der Waals surface area contributed by atoms with Crippen molar-refractivity contribution in [3.63, 3.8) is 0 Å². The standard InChI is InChI=1S/C30H26O12/c31-14-24-29(42-25(36)10-3-15-1-6-17(32)7-2-15)27(37)28(38)30(41-24)39-19-11-20(34)26-21(35)13-22(40-23(26)12-19)16-4-8-18(33)9-5-16/h1-13,24,27-34,37-38H,14H2/b10-3+/t24-,27-,28-,29-,30-/m1/s1. The summed E-state index contributed by atoms with van der Waals surface area (Å²) in [5.74, 6) is -1.25. The van der Waals surface area contributed by atoms with Crippen molar-refractivity contribution in [2.75, 3.05) is 6.61 Å². The topological polar surface area (TPSA) is 196 Å². The fourth-order valence-electron chi connectivity index (χ4n) is 4.43. The number of carbonyl (C=O) groups excluding carboxylic acids is 1. The molecule has 1 saturated heterocycles. The SMILES string of the molecule is O=C(/C=C/c1ccc(O)cc1)O[C@H]1[C@H](O)[C@@H](O)[C@H](Oc2cc(O)c3c(=O)cc(-c4ccc(O)cc4)oc3c2)O[C@@H]1CO. The minimum atomic E-state index is -1.76. The van der Waals surface area contributed by atoms with Crippen molar-refractivity contribution in [3.8, 4) is 34.3 Å². The van der Waals surface area contributed by atoms with Crippen molar-refractivity contribution in [1.29, 1.82) is 0 Å². The maximum Gasteiger partial charge on any atom is 0.331 e. The number of benzene rings is 3. The molecule has 1 aromatic heterocycles. The molecule has 0 radical (unpaired) electrons. The normalized spacial score (nSPS) is 22.3. The van der Waals surface area contributed by atoms with Gasteiger partial charge >= 0.3 is 5.97 Å². The van der Waals surface area contributed by atoms with E-state index in [0.29, 0.717) is 11.1 Å². The summed E-state index contributed by atoms with van der Waals surface area (Å²) >= 11 is 0. The lowest BCUT2D eigenvalue weighted by Gasteiger charge is -2.41. The first-order valence-corrected chi connectivity index (χ1v) is 12.7. The van der Waals surface area contributed by atoms with Crippen LogP contribution in [0.5, 0.6) is 23.0 Å². The third-order valence-corrected chi connectivity index (χ3v) is 6.57. The van der Waals surface area contributed by atoms with Gasteiger partial charge in [0, 0.05) is 29.8 Å². The molecular formula is C30H26O12. The molecule has 42 heavy (non-hydrogen) atoms. The number of phenolic OH excluding ortho intramolecular Hbond substituents is 3. The summed E-state index contributed by atoms with van der Waals surface area (Å²) in [5.41, 5.74) is 0.465. The molecule has 5 rings (SSSR count). The predicted molar refractivity (Wildman–Crippen MR) is 147 cm³/mol. The Bertz CT molecular complexity index is 1660. The van der Waals surface area contributed by atoms with Gasteiger partial charge in [0.2, 0.25) is 6.29 Å². The van der Waals surface area contributed by atoms with Crippen molar-refractivity contribution in [3.05, 3.63) is 88.6 Å². The number of aliphatic hydroxyl groups excluding tert-OH is 3. The largest absolute Gasteiger partial charge is 0.508 e. The van der Waals surface area contributed by atoms with Crippen LogP contribution in [0.4, 0.5) is 0 Å². The van der Waals surface area contributed by atoms with E-state index in [4.69, 9.17) is 18.6 Å². The van der Waals surface area contributed by atoms with Gasteiger partial charge in [-0.3, -0.25) is 4.79 Å². The first-order valence-electron chi connectivity index (χ1n) is 12.7. The van der Waals surface area contributed by atoms with E-state index in [0.717, 1.165) is 12.1 Å². The number of fused-ring (bicyclic) bond motifs is 1. The van der Waals surface area contributed by atoms with Crippen LogP contribution in [0.25, 0.3) is 28.4 Å². The molecule has 12 heteroatoms. The van der Waals surface area contributed by atoms with E-state index in [1.54, 1.807) is 12.1 Å². The van der Waals surface area contributed by atoms with Gasteiger partial charge in [-0.05, 0) is 48.0 Å². The lowest BCUT2D eigenvalue weighted by Crippen LogP contribution is -2.61. The summed E-state index contributed by atoms with van der Waals surface area (Å²) in [5, 5.41) is 60.6. The predicted octanol–water partition coefficient (Wildman–Crippen LogP) is 2.02. The van der Waals surface area contributed by atoms with Gasteiger partial charge in [-0.15, -0.1) is 0 Å². The molecule has 12 nitrogen and oxygen atoms in total. The van der Waals surface area contributed by atoms with E-state index < -0.39 is 54.5 Å². The Morgan fingerprint density at radius 3 is 2.24 bits per heavy atom. The summed E-state index contributed by atoms with van der Waals surface area (Å²) in [6, 6.07) is 15.4. The molecule has 5 atom stereocenters. The fourth-order valence-corrected chi connectivity index (χ4v) is 4.43. The molecule has 2 heterocycles. The lowest BCUT2D eigenvalue weighted by atomic mass is 9.99. The monoisotopic (exact) mass is 578 g/mol. The van der Waals surface area contributed by atoms with Gasteiger partial charge in [0.15, 0.2) is 11.5 Å². The molecule has 0 bridgehead atoms. The molecule has 0 spiro atoms. The zero-order valence-corrected chi connectivity index (χ0v) is 21.7. The van der Waals surface area contributed by atoms with Crippen molar-refractivity contribution in [1.82, 2.24) is 0 Å². The highest BCUT2D eigenvalue weighted by atomic mass is 16.7. The zero-order chi connectivity index (χ0) is 30.0. The highest BCUT2D eigenvalue weighted by Crippen LogP contribution is 2.33. The molecule has 0 saturated carbocycles. The first-order chi connectivity index (χ1) is 20.1. The van der Waals surface area contributed by atoms with Crippen LogP contribution in [-0.4, -0.2) is 73.9 Å². The average Bonchev–Trinajstić information content (AvgIpc) is 2.96. The van der Waals surface area contributed by atoms with E-state index in [9.17, 15) is 40.2 Å². The lowest BCUT2D eigenvalue weighted by molar-refractivity contribution is -0.280. The minimum absolute atomic E-state index is 0.0205. The van der Waals surface area contributed by atoms with Gasteiger partial charge in [0.25, 0.3) is 0 Å². The van der Waals surface area contributed by atoms with E-state index in [1.807, 2.05) is 0 Å². The first kappa shape index (κ1) is 28.6. The number of esters is 1. The Morgan fingerprint density at radius 1 is 0.905 bits per heavy atom. The molecule has 1 fully saturated rings. The molecule has 0 unspecified atom stereocenters. The van der Waals surface area contributed by atoms with Gasteiger partial charge in [-0.2, -0.15) is 0 Å². The molecule has 0 amide bonds. The van der Waals surface area contributed by atoms with Gasteiger partial charge in [0.05, 0.1) is 6.61 Å². The molecule has 3 aromatic carbocycles. The summed E-state index contributed by atoms with van der Waals surface area (Å²) in [6.07, 6.45) is -5.36. The second kappa shape index (κ2) is 11.9. The van der Waals surface area contributed by atoms with Crippen molar-refractivity contribution >= 4 is 23.0 Å². The third kappa shape index (κ3) is 6.06. The zero-order valence-electron chi connectivity index (χ0n) is 21.7. The molecule has 4 aromatic rings. The third-order valence-electron chi connectivity index (χ3n) is 6.57. The van der Waals surface area contributed by atoms with Crippen LogP contribution in [0.2, 0.25) is 0 Å². The van der Waals surface area contributed by atoms with Crippen LogP contribution in [0.3, 0.4) is 0 Å². The molecule has 0 aliphatic carbocycles. The highest BCUT2D eigenvalue weighted by Gasteiger charge is 2.47. The highest BCUT2D eigenvalue weighted by molar-refractivity contribution is 5.87.